The number of benzene rings is 3. The highest BCUT2D eigenvalue weighted by Crippen LogP contribution is 2.44. The van der Waals surface area contributed by atoms with E-state index in [9.17, 15) is 27.6 Å². The molecule has 7 rings (SSSR count). The van der Waals surface area contributed by atoms with Gasteiger partial charge in [-0.25, -0.2) is 9.59 Å². The lowest BCUT2D eigenvalue weighted by Gasteiger charge is -2.39. The Labute approximate surface area is 389 Å². The molecular formula is C47H60N6O12SSi. The maximum absolute atomic E-state index is 14.3. The molecule has 18 nitrogen and oxygen atoms in total. The number of rotatable bonds is 17. The predicted octanol–water partition coefficient (Wildman–Crippen LogP) is 4.49. The zero-order valence-electron chi connectivity index (χ0n) is 39.2. The normalized spacial score (nSPS) is 21.4. The van der Waals surface area contributed by atoms with Gasteiger partial charge in [0, 0.05) is 42.9 Å². The van der Waals surface area contributed by atoms with Gasteiger partial charge in [-0.2, -0.15) is 17.9 Å². The molecule has 2 fully saturated rings. The second-order valence-corrected chi connectivity index (χ2v) is 24.8. The van der Waals surface area contributed by atoms with E-state index in [0.717, 1.165) is 16.7 Å². The molecule has 5 aromatic rings. The van der Waals surface area contributed by atoms with E-state index in [1.807, 2.05) is 78.9 Å². The second-order valence-electron chi connectivity index (χ2n) is 18.5. The van der Waals surface area contributed by atoms with E-state index in [-0.39, 0.29) is 36.6 Å². The molecule has 0 amide bonds. The molecule has 2 aromatic heterocycles. The lowest BCUT2D eigenvalue weighted by atomic mass is 9.80. The molecule has 3 aromatic carbocycles. The van der Waals surface area contributed by atoms with Crippen LogP contribution < -0.4 is 41.4 Å². The summed E-state index contributed by atoms with van der Waals surface area (Å²) in [4.78, 5) is 55.5. The Hall–Kier alpha value is -5.45. The summed E-state index contributed by atoms with van der Waals surface area (Å²) in [7, 11) is -3.69. The van der Waals surface area contributed by atoms with Crippen LogP contribution >= 0.6 is 0 Å². The SMILES string of the molecule is COc1ccc(C(OC[C@H]2O[C@@H](n3cc(C)c(=O)[nH]c3=O)C[C@@H]2NS(=O)(=O)NC[C@H]2O[C@@H](n3cc(C)c(=O)[nH]c3=O)C[C@@H]2O[Si](C)(C)C(C)(C)C)(c2ccccc2)c2ccc(OC)cc2)cc1. The molecule has 0 radical (unpaired) electrons. The van der Waals surface area contributed by atoms with Crippen molar-refractivity contribution < 1.29 is 36.5 Å². The van der Waals surface area contributed by atoms with Crippen molar-refractivity contribution in [1.29, 1.82) is 0 Å². The molecule has 6 atom stereocenters. The highest BCUT2D eigenvalue weighted by Gasteiger charge is 2.47. The number of hydrogen-bond donors (Lipinski definition) is 4. The lowest BCUT2D eigenvalue weighted by molar-refractivity contribution is -0.0804. The molecule has 2 aliphatic heterocycles. The zero-order chi connectivity index (χ0) is 48.5. The fraction of sp³-hybridized carbons (Fsp3) is 0.447. The van der Waals surface area contributed by atoms with Gasteiger partial charge in [-0.05, 0) is 72.9 Å². The van der Waals surface area contributed by atoms with Crippen molar-refractivity contribution in [2.75, 3.05) is 27.4 Å². The van der Waals surface area contributed by atoms with Crippen LogP contribution in [-0.4, -0.2) is 87.6 Å². The van der Waals surface area contributed by atoms with Gasteiger partial charge in [-0.3, -0.25) is 28.7 Å². The van der Waals surface area contributed by atoms with Gasteiger partial charge in [0.25, 0.3) is 21.3 Å². The average molecular weight is 961 g/mol. The van der Waals surface area contributed by atoms with Crippen molar-refractivity contribution >= 4 is 18.5 Å². The van der Waals surface area contributed by atoms with E-state index in [2.05, 4.69) is 53.3 Å². The Morgan fingerprint density at radius 2 is 1.19 bits per heavy atom. The number of ether oxygens (including phenoxy) is 5. The predicted molar refractivity (Wildman–Crippen MR) is 253 cm³/mol. The molecule has 2 saturated heterocycles. The van der Waals surface area contributed by atoms with Crippen LogP contribution in [0.2, 0.25) is 18.1 Å². The second kappa shape index (κ2) is 19.6. The maximum Gasteiger partial charge on any atom is 0.330 e. The van der Waals surface area contributed by atoms with Gasteiger partial charge in [0.05, 0.1) is 39.1 Å². The molecule has 4 heterocycles. The number of nitrogens with one attached hydrogen (secondary N) is 4. The first-order chi connectivity index (χ1) is 31.6. The van der Waals surface area contributed by atoms with Crippen LogP contribution in [-0.2, 0) is 34.4 Å². The molecule has 0 bridgehead atoms. The first kappa shape index (κ1) is 49.5. The largest absolute Gasteiger partial charge is 0.497 e. The Morgan fingerprint density at radius 3 is 1.69 bits per heavy atom. The minimum Gasteiger partial charge on any atom is -0.497 e. The summed E-state index contributed by atoms with van der Waals surface area (Å²) in [6.07, 6.45) is -1.34. The minimum absolute atomic E-state index is 0.0304. The molecular weight excluding hydrogens is 901 g/mol. The van der Waals surface area contributed by atoms with E-state index in [4.69, 9.17) is 28.1 Å². The van der Waals surface area contributed by atoms with Crippen LogP contribution in [0.15, 0.2) is 110 Å². The monoisotopic (exact) mass is 960 g/mol. The molecule has 2 aliphatic rings. The van der Waals surface area contributed by atoms with Gasteiger partial charge >= 0.3 is 11.4 Å². The van der Waals surface area contributed by atoms with E-state index in [0.29, 0.717) is 17.1 Å². The van der Waals surface area contributed by atoms with Crippen LogP contribution in [0.1, 0.15) is 73.9 Å². The number of aromatic nitrogens is 4. The quantitative estimate of drug-likeness (QED) is 0.0748. The van der Waals surface area contributed by atoms with Crippen LogP contribution in [0.4, 0.5) is 0 Å². The summed E-state index contributed by atoms with van der Waals surface area (Å²) in [6, 6.07) is 23.5. The summed E-state index contributed by atoms with van der Waals surface area (Å²) < 4.78 is 74.4. The van der Waals surface area contributed by atoms with Gasteiger partial charge in [0.2, 0.25) is 0 Å². The standard InChI is InChI=1S/C47H60N6O12SSi/c1-29-26-52(44(56)49-42(29)54)40-23-36(51-66(58,59)48-25-38-37(65-67(8,9)46(3,4)5)24-41(63-38)53-27-30(2)43(55)50-45(53)57)39(64-40)28-62-47(31-13-11-10-12-14-31,32-15-19-34(60-6)20-16-32)33-17-21-35(61-7)22-18-33/h10-22,26-27,36-41,48,51H,23-25,28H2,1-9H3,(H,49,54,56)(H,50,55,57)/t36-,37-,38+,39+,40+,41+/m0/s1. The van der Waals surface area contributed by atoms with E-state index < -0.39 is 83.4 Å². The van der Waals surface area contributed by atoms with E-state index in [1.54, 1.807) is 28.1 Å². The van der Waals surface area contributed by atoms with Gasteiger partial charge in [0.15, 0.2) is 8.32 Å². The summed E-state index contributed by atoms with van der Waals surface area (Å²) in [5.41, 5.74) is -0.970. The third-order valence-electron chi connectivity index (χ3n) is 13.0. The van der Waals surface area contributed by atoms with Gasteiger partial charge < -0.3 is 28.1 Å². The molecule has 4 N–H and O–H groups in total. The number of H-pyrrole nitrogens is 2. The van der Waals surface area contributed by atoms with E-state index in [1.165, 1.54) is 21.5 Å². The molecule has 0 spiro atoms. The Kier molecular flexibility index (Phi) is 14.5. The van der Waals surface area contributed by atoms with Crippen molar-refractivity contribution in [2.45, 2.75) is 108 Å². The summed E-state index contributed by atoms with van der Waals surface area (Å²) >= 11 is 0. The molecule has 360 valence electrons. The van der Waals surface area contributed by atoms with Gasteiger partial charge in [0.1, 0.15) is 35.7 Å². The third-order valence-corrected chi connectivity index (χ3v) is 18.7. The highest BCUT2D eigenvalue weighted by atomic mass is 32.2. The number of aromatic amines is 2. The number of nitrogens with zero attached hydrogens (tertiary/aromatic N) is 2. The molecule has 0 aliphatic carbocycles. The molecule has 0 unspecified atom stereocenters. The third kappa shape index (κ3) is 10.7. The molecule has 0 saturated carbocycles. The molecule has 67 heavy (non-hydrogen) atoms. The van der Waals surface area contributed by atoms with E-state index >= 15 is 0 Å². The molecule has 20 heteroatoms. The van der Waals surface area contributed by atoms with Crippen LogP contribution in [0, 0.1) is 13.8 Å². The van der Waals surface area contributed by atoms with Crippen LogP contribution in [0.25, 0.3) is 0 Å². The minimum atomic E-state index is -4.39. The van der Waals surface area contributed by atoms with Crippen LogP contribution in [0.3, 0.4) is 0 Å². The zero-order valence-corrected chi connectivity index (χ0v) is 41.0. The Bertz CT molecular complexity index is 2830. The van der Waals surface area contributed by atoms with Crippen molar-refractivity contribution in [3.05, 3.63) is 161 Å². The fourth-order valence-corrected chi connectivity index (χ4v) is 10.7. The van der Waals surface area contributed by atoms with Crippen molar-refractivity contribution in [3.8, 4) is 11.5 Å². The van der Waals surface area contributed by atoms with Crippen molar-refractivity contribution in [1.82, 2.24) is 28.5 Å². The van der Waals surface area contributed by atoms with Crippen molar-refractivity contribution in [2.24, 2.45) is 0 Å². The fourth-order valence-electron chi connectivity index (χ4n) is 8.23. The summed E-state index contributed by atoms with van der Waals surface area (Å²) in [5, 5.41) is -0.205. The highest BCUT2D eigenvalue weighted by molar-refractivity contribution is 7.87. The van der Waals surface area contributed by atoms with Crippen molar-refractivity contribution in [3.63, 3.8) is 0 Å². The number of methoxy groups -OCH3 is 2. The smallest absolute Gasteiger partial charge is 0.330 e. The Balaban J connectivity index is 1.21. The first-order valence-corrected chi connectivity index (χ1v) is 26.4. The number of aryl methyl sites for hydroxylation is 2. The maximum atomic E-state index is 14.3. The first-order valence-electron chi connectivity index (χ1n) is 22.0. The van der Waals surface area contributed by atoms with Gasteiger partial charge in [-0.15, -0.1) is 0 Å². The van der Waals surface area contributed by atoms with Gasteiger partial charge in [-0.1, -0.05) is 75.4 Å². The lowest BCUT2D eigenvalue weighted by Crippen LogP contribution is -2.51. The Morgan fingerprint density at radius 1 is 0.716 bits per heavy atom. The summed E-state index contributed by atoms with van der Waals surface area (Å²) in [6.45, 7) is 13.1. The topological polar surface area (TPSA) is 223 Å². The summed E-state index contributed by atoms with van der Waals surface area (Å²) in [5.74, 6) is 1.26. The van der Waals surface area contributed by atoms with Crippen LogP contribution in [0.5, 0.6) is 11.5 Å². The number of hydrogen-bond acceptors (Lipinski definition) is 12. The average Bonchev–Trinajstić information content (AvgIpc) is 3.88.